The largest absolute Gasteiger partial charge is 0.487 e. The van der Waals surface area contributed by atoms with Gasteiger partial charge in [0.2, 0.25) is 11.9 Å². The standard InChI is InChI=1S/2C26H26N2O.C9H9N3O.C7H7N3.C6H7NO4/c2*1-15-12-13-19-18(14-15)22-24-23(27-20-10-6-7-11-21(20)28-24)16-8-4-5-9-17(16)25(22)29-26(19,2)3;1-6(13)10-9-11-7-4-2-3-5-8(7)12-9;8-7-9-5-3-1-2-4-6(5)10-7;1-4(8)11-7-5(9)2-3-6(7)10/h2*4-11,15,18-19H,12-14H2,1-3H3;2-5H,1H3,(H2,10,11,12,13);1-4H,(H3,8,9,10);2-3H2,1H3/t2*15-,18-,19-;;;/m00.../s1. The molecule has 5 N–H and O–H groups in total. The highest BCUT2D eigenvalue weighted by Crippen LogP contribution is 2.58. The van der Waals surface area contributed by atoms with Gasteiger partial charge in [-0.15, -0.1) is 5.06 Å². The number of hydrogen-bond acceptors (Lipinski definition) is 14. The number of benzene rings is 8. The van der Waals surface area contributed by atoms with Gasteiger partial charge >= 0.3 is 5.97 Å². The van der Waals surface area contributed by atoms with E-state index in [-0.39, 0.29) is 30.0 Å². The Bertz CT molecular complexity index is 4580. The van der Waals surface area contributed by atoms with Gasteiger partial charge in [0.1, 0.15) is 22.7 Å². The van der Waals surface area contributed by atoms with Crippen molar-refractivity contribution in [1.82, 2.24) is 44.9 Å². The lowest BCUT2D eigenvalue weighted by molar-refractivity contribution is -0.195. The molecule has 3 fully saturated rings. The van der Waals surface area contributed by atoms with Crippen LogP contribution in [0.4, 0.5) is 11.9 Å². The Kier molecular flexibility index (Phi) is 16.3. The van der Waals surface area contributed by atoms with Crippen LogP contribution in [0.1, 0.15) is 130 Å². The summed E-state index contributed by atoms with van der Waals surface area (Å²) in [6.45, 7) is 16.5. The number of nitrogens with two attached hydrogens (primary N) is 1. The Balaban J connectivity index is 0.000000113. The van der Waals surface area contributed by atoms with Crippen molar-refractivity contribution in [2.45, 2.75) is 130 Å². The second kappa shape index (κ2) is 24.6. The van der Waals surface area contributed by atoms with Crippen molar-refractivity contribution < 1.29 is 33.5 Å². The zero-order valence-corrected chi connectivity index (χ0v) is 53.0. The Morgan fingerprint density at radius 2 is 0.891 bits per heavy atom. The molecule has 2 aliphatic carbocycles. The highest BCUT2D eigenvalue weighted by Gasteiger charge is 2.49. The van der Waals surface area contributed by atoms with E-state index in [0.29, 0.717) is 40.6 Å². The average molecular weight is 1230 g/mol. The van der Waals surface area contributed by atoms with Gasteiger partial charge in [0.05, 0.1) is 66.2 Å². The van der Waals surface area contributed by atoms with Crippen LogP contribution in [0.15, 0.2) is 146 Å². The van der Waals surface area contributed by atoms with Crippen molar-refractivity contribution in [1.29, 1.82) is 0 Å². The number of aromatic amines is 2. The number of nitrogens with zero attached hydrogens (tertiary/aromatic N) is 7. The molecule has 3 aliphatic heterocycles. The summed E-state index contributed by atoms with van der Waals surface area (Å²) in [5, 5.41) is 7.72. The molecule has 6 atom stereocenters. The number of aromatic nitrogens is 8. The molecular weight excluding hydrogens is 1150 g/mol. The number of nitrogen functional groups attached to an aromatic ring is 1. The lowest BCUT2D eigenvalue weighted by Gasteiger charge is -2.49. The summed E-state index contributed by atoms with van der Waals surface area (Å²) < 4.78 is 13.6. The van der Waals surface area contributed by atoms with Crippen molar-refractivity contribution in [2.75, 3.05) is 11.1 Å². The van der Waals surface area contributed by atoms with Crippen LogP contribution in [0, 0.1) is 23.7 Å². The SMILES string of the molecule is CC(=O)Nc1nc2ccccc2[nH]1.CC(=O)ON1C(=O)CCC1=O.C[C@H]1CC[C@H]2[C@H](C1)c1c(c3ccccc3c3nc4ccccc4nc13)OC2(C)C.C[C@H]1CC[C@H]2[C@H](C1)c1c(c3ccccc3c3nc4ccccc4nc13)OC2(C)C.Nc1nc2ccccc2[nH]1. The number of imidazole rings is 2. The molecule has 0 bridgehead atoms. The number of hydroxylamine groups is 2. The van der Waals surface area contributed by atoms with Crippen LogP contribution in [0.5, 0.6) is 11.5 Å². The topological polar surface area (TPSA) is 246 Å². The first-order chi connectivity index (χ1) is 44.3. The lowest BCUT2D eigenvalue weighted by Crippen LogP contribution is -2.46. The Morgan fingerprint density at radius 1 is 0.511 bits per heavy atom. The number of para-hydroxylation sites is 8. The molecule has 0 radical (unpaired) electrons. The van der Waals surface area contributed by atoms with Gasteiger partial charge in [0, 0.05) is 71.2 Å². The third-order valence-corrected chi connectivity index (χ3v) is 18.8. The fraction of sp³-hybridized carbons (Fsp3) is 0.324. The minimum Gasteiger partial charge on any atom is -0.487 e. The fourth-order valence-corrected chi connectivity index (χ4v) is 14.6. The number of hydrogen-bond donors (Lipinski definition) is 4. The molecule has 18 heteroatoms. The molecule has 18 nitrogen and oxygen atoms in total. The van der Waals surface area contributed by atoms with E-state index < -0.39 is 17.8 Å². The zero-order valence-electron chi connectivity index (χ0n) is 53.0. The van der Waals surface area contributed by atoms with Gasteiger partial charge in [0.25, 0.3) is 11.8 Å². The van der Waals surface area contributed by atoms with E-state index in [4.69, 9.17) is 35.1 Å². The number of amides is 3. The minimum absolute atomic E-state index is 0.126. The number of carbonyl (C=O) groups is 4. The number of imide groups is 1. The second-order valence-electron chi connectivity index (χ2n) is 26.2. The van der Waals surface area contributed by atoms with Crippen molar-refractivity contribution >= 4 is 123 Å². The third-order valence-electron chi connectivity index (χ3n) is 18.8. The third kappa shape index (κ3) is 11.8. The minimum atomic E-state index is -0.659. The van der Waals surface area contributed by atoms with Crippen LogP contribution in [0.25, 0.3) is 87.7 Å². The van der Waals surface area contributed by atoms with Crippen molar-refractivity contribution in [3.63, 3.8) is 0 Å². The smallest absolute Gasteiger partial charge is 0.330 e. The summed E-state index contributed by atoms with van der Waals surface area (Å²) in [6, 6.07) is 48.8. The van der Waals surface area contributed by atoms with Crippen LogP contribution in [0.3, 0.4) is 0 Å². The number of anilines is 2. The average Bonchev–Trinajstić information content (AvgIpc) is 1.19. The Morgan fingerprint density at radius 3 is 1.30 bits per heavy atom. The van der Waals surface area contributed by atoms with Gasteiger partial charge in [-0.25, -0.2) is 34.7 Å². The first-order valence-corrected chi connectivity index (χ1v) is 31.9. The van der Waals surface area contributed by atoms with Crippen LogP contribution >= 0.6 is 0 Å². The van der Waals surface area contributed by atoms with Crippen LogP contribution in [-0.2, 0) is 24.0 Å². The summed E-state index contributed by atoms with van der Waals surface area (Å²) >= 11 is 0. The van der Waals surface area contributed by atoms with Gasteiger partial charge in [0.15, 0.2) is 5.95 Å². The van der Waals surface area contributed by atoms with Crippen LogP contribution in [-0.4, -0.2) is 79.8 Å². The highest BCUT2D eigenvalue weighted by atomic mass is 16.7. The normalized spacial score (nSPS) is 20.8. The molecule has 17 rings (SSSR count). The monoisotopic (exact) mass is 1230 g/mol. The molecule has 92 heavy (non-hydrogen) atoms. The van der Waals surface area contributed by atoms with E-state index in [1.54, 1.807) is 0 Å². The Labute approximate surface area is 532 Å². The number of carbonyl (C=O) groups excluding carboxylic acids is 4. The first kappa shape index (κ1) is 60.8. The zero-order chi connectivity index (χ0) is 64.2. The number of nitrogens with one attached hydrogen (secondary N) is 3. The molecule has 12 aromatic rings. The summed E-state index contributed by atoms with van der Waals surface area (Å²) in [5.74, 6) is 4.79. The molecule has 1 saturated heterocycles. The fourth-order valence-electron chi connectivity index (χ4n) is 14.6. The number of ether oxygens (including phenoxy) is 2. The van der Waals surface area contributed by atoms with Crippen molar-refractivity contribution in [2.24, 2.45) is 23.7 Å². The Hall–Kier alpha value is -10.1. The molecule has 468 valence electrons. The van der Waals surface area contributed by atoms with E-state index in [1.165, 1.54) is 67.3 Å². The molecule has 2 saturated carbocycles. The molecule has 8 aromatic carbocycles. The number of H-pyrrole nitrogens is 2. The van der Waals surface area contributed by atoms with E-state index in [9.17, 15) is 19.2 Å². The molecule has 0 unspecified atom stereocenters. The molecule has 4 aromatic heterocycles. The summed E-state index contributed by atoms with van der Waals surface area (Å²) in [4.78, 5) is 81.5. The van der Waals surface area contributed by atoms with Gasteiger partial charge in [-0.05, 0) is 126 Å². The van der Waals surface area contributed by atoms with Crippen molar-refractivity contribution in [3.05, 3.63) is 157 Å². The summed E-state index contributed by atoms with van der Waals surface area (Å²) in [5.41, 5.74) is 19.3. The summed E-state index contributed by atoms with van der Waals surface area (Å²) in [6.07, 6.45) is 7.66. The quantitative estimate of drug-likeness (QED) is 0.0714. The van der Waals surface area contributed by atoms with E-state index in [0.717, 1.165) is 107 Å². The highest BCUT2D eigenvalue weighted by molar-refractivity contribution is 6.12. The maximum atomic E-state index is 10.7. The van der Waals surface area contributed by atoms with Gasteiger partial charge in [-0.2, -0.15) is 0 Å². The van der Waals surface area contributed by atoms with Gasteiger partial charge in [-0.3, -0.25) is 19.7 Å². The molecular formula is C74H75N11O7. The van der Waals surface area contributed by atoms with E-state index in [1.807, 2.05) is 72.8 Å². The first-order valence-electron chi connectivity index (χ1n) is 31.9. The predicted octanol–water partition coefficient (Wildman–Crippen LogP) is 15.5. The maximum absolute atomic E-state index is 10.7. The lowest BCUT2D eigenvalue weighted by atomic mass is 9.64. The molecule has 3 amide bonds. The second-order valence-corrected chi connectivity index (χ2v) is 26.2. The van der Waals surface area contributed by atoms with Gasteiger partial charge < -0.3 is 30.0 Å². The molecule has 5 aliphatic rings. The van der Waals surface area contributed by atoms with Crippen molar-refractivity contribution in [3.8, 4) is 11.5 Å². The number of fused-ring (bicyclic) bond motifs is 20. The number of rotatable bonds is 2. The van der Waals surface area contributed by atoms with Crippen LogP contribution < -0.4 is 20.5 Å². The molecule has 7 heterocycles. The van der Waals surface area contributed by atoms with Gasteiger partial charge in [-0.1, -0.05) is 124 Å². The molecule has 0 spiro atoms. The summed E-state index contributed by atoms with van der Waals surface area (Å²) in [7, 11) is 0. The van der Waals surface area contributed by atoms with Crippen LogP contribution in [0.2, 0.25) is 0 Å². The predicted molar refractivity (Wildman–Crippen MR) is 361 cm³/mol. The van der Waals surface area contributed by atoms with E-state index >= 15 is 0 Å². The van der Waals surface area contributed by atoms with E-state index in [2.05, 4.69) is 144 Å². The maximum Gasteiger partial charge on any atom is 0.330 e.